The Morgan fingerprint density at radius 1 is 1.10 bits per heavy atom. The number of benzene rings is 3. The average molecular weight is 580 g/mol. The van der Waals surface area contributed by atoms with Crippen molar-refractivity contribution in [2.24, 2.45) is 0 Å². The van der Waals surface area contributed by atoms with Crippen LogP contribution in [0.25, 0.3) is 11.1 Å². The molecule has 1 amide bonds. The molecule has 2 heterocycles. The molecule has 1 N–H and O–H groups in total. The fraction of sp³-hybridized carbons (Fsp3) is 0.394. The Morgan fingerprint density at radius 3 is 2.51 bits per heavy atom. The molecule has 0 bridgehead atoms. The summed E-state index contributed by atoms with van der Waals surface area (Å²) in [5, 5.41) is 10.9. The number of hydrogen-bond acceptors (Lipinski definition) is 4. The van der Waals surface area contributed by atoms with Crippen LogP contribution in [0.5, 0.6) is 5.75 Å². The minimum Gasteiger partial charge on any atom is -0.490 e. The van der Waals surface area contributed by atoms with Crippen LogP contribution in [0.15, 0.2) is 30.3 Å². The first-order valence-corrected chi connectivity index (χ1v) is 14.3. The number of carbonyl (C=O) groups is 2. The quantitative estimate of drug-likeness (QED) is 0.338. The largest absolute Gasteiger partial charge is 0.490 e. The maximum atomic E-state index is 15.6. The van der Waals surface area contributed by atoms with E-state index in [-0.39, 0.29) is 11.7 Å². The van der Waals surface area contributed by atoms with Crippen LogP contribution in [0.3, 0.4) is 0 Å². The first-order valence-electron chi connectivity index (χ1n) is 13.9. The summed E-state index contributed by atoms with van der Waals surface area (Å²) in [6, 6.07) is 8.55. The molecule has 41 heavy (non-hydrogen) atoms. The van der Waals surface area contributed by atoms with Gasteiger partial charge in [0, 0.05) is 33.9 Å². The van der Waals surface area contributed by atoms with Gasteiger partial charge in [0.2, 0.25) is 0 Å². The lowest BCUT2D eigenvalue weighted by Gasteiger charge is -2.30. The lowest BCUT2D eigenvalue weighted by molar-refractivity contribution is -0.160. The van der Waals surface area contributed by atoms with Gasteiger partial charge in [0.05, 0.1) is 12.2 Å². The number of aliphatic carboxylic acids is 1. The Kier molecular flexibility index (Phi) is 7.64. The second kappa shape index (κ2) is 10.8. The van der Waals surface area contributed by atoms with Crippen molar-refractivity contribution in [3.8, 4) is 16.9 Å². The fourth-order valence-electron chi connectivity index (χ4n) is 6.04. The highest BCUT2D eigenvalue weighted by molar-refractivity contribution is 6.32. The topological polar surface area (TPSA) is 76.1 Å². The van der Waals surface area contributed by atoms with Gasteiger partial charge in [-0.3, -0.25) is 4.79 Å². The number of aryl methyl sites for hydroxylation is 1. The molecule has 0 radical (unpaired) electrons. The van der Waals surface area contributed by atoms with Gasteiger partial charge in [0.25, 0.3) is 5.91 Å². The monoisotopic (exact) mass is 579 g/mol. The number of nitrogens with zero attached hydrogens (tertiary/aromatic N) is 1. The minimum absolute atomic E-state index is 0.190. The molecule has 1 unspecified atom stereocenters. The number of amides is 1. The van der Waals surface area contributed by atoms with Gasteiger partial charge in [-0.2, -0.15) is 0 Å². The zero-order valence-corrected chi connectivity index (χ0v) is 25.0. The molecule has 8 heteroatoms. The highest BCUT2D eigenvalue weighted by Gasteiger charge is 2.37. The molecule has 1 atom stereocenters. The Hall–Kier alpha value is -3.42. The van der Waals surface area contributed by atoms with Gasteiger partial charge >= 0.3 is 5.97 Å². The normalized spacial score (nSPS) is 15.3. The standard InChI is InChI=1S/C33H35ClFNO5/c1-17-15-26-22(12-13-36(26)31(37)21-9-7-11-24(34)19(21)3)28(27(17)30(32(38)39)41-33(4,5)6)23-16-25(35)29-20(18(23)2)10-8-14-40-29/h7,9,11,15-16,30H,8,10,12-14H2,1-6H3,(H,38,39). The number of carbonyl (C=O) groups excluding carboxylic acids is 1. The van der Waals surface area contributed by atoms with Crippen molar-refractivity contribution in [2.45, 2.75) is 72.5 Å². The molecule has 0 aliphatic carbocycles. The molecule has 6 nitrogen and oxygen atoms in total. The van der Waals surface area contributed by atoms with Crippen LogP contribution in [0.1, 0.15) is 77.0 Å². The zero-order chi connectivity index (χ0) is 29.8. The van der Waals surface area contributed by atoms with Crippen molar-refractivity contribution >= 4 is 29.2 Å². The van der Waals surface area contributed by atoms with E-state index in [2.05, 4.69) is 0 Å². The number of ether oxygens (including phenoxy) is 2. The summed E-state index contributed by atoms with van der Waals surface area (Å²) in [6.07, 6.45) is 0.598. The third kappa shape index (κ3) is 5.22. The summed E-state index contributed by atoms with van der Waals surface area (Å²) in [5.74, 6) is -1.55. The van der Waals surface area contributed by atoms with E-state index in [1.54, 1.807) is 43.9 Å². The van der Waals surface area contributed by atoms with E-state index < -0.39 is 23.5 Å². The minimum atomic E-state index is -1.30. The SMILES string of the molecule is Cc1cc2c(c(-c3cc(F)c4c(c3C)CCCO4)c1C(OC(C)(C)C)C(=O)O)CCN2C(=O)c1cccc(Cl)c1C. The van der Waals surface area contributed by atoms with Crippen LogP contribution in [0, 0.1) is 26.6 Å². The van der Waals surface area contributed by atoms with E-state index in [0.717, 1.165) is 23.1 Å². The van der Waals surface area contributed by atoms with E-state index >= 15 is 4.39 Å². The first kappa shape index (κ1) is 29.1. The maximum absolute atomic E-state index is 15.6. The van der Waals surface area contributed by atoms with Crippen molar-refractivity contribution in [1.82, 2.24) is 0 Å². The number of hydrogen-bond donors (Lipinski definition) is 1. The van der Waals surface area contributed by atoms with E-state index in [1.807, 2.05) is 26.8 Å². The Bertz CT molecular complexity index is 1580. The van der Waals surface area contributed by atoms with Crippen molar-refractivity contribution in [1.29, 1.82) is 0 Å². The van der Waals surface area contributed by atoms with Gasteiger partial charge in [-0.1, -0.05) is 17.7 Å². The number of rotatable bonds is 5. The molecule has 0 saturated heterocycles. The highest BCUT2D eigenvalue weighted by atomic mass is 35.5. The number of carboxylic acid groups (broad SMARTS) is 1. The smallest absolute Gasteiger partial charge is 0.337 e. The second-order valence-corrected chi connectivity index (χ2v) is 12.2. The van der Waals surface area contributed by atoms with Crippen molar-refractivity contribution in [2.75, 3.05) is 18.1 Å². The summed E-state index contributed by atoms with van der Waals surface area (Å²) >= 11 is 6.34. The van der Waals surface area contributed by atoms with Gasteiger partial charge in [-0.15, -0.1) is 0 Å². The van der Waals surface area contributed by atoms with Crippen LogP contribution in [0.2, 0.25) is 5.02 Å². The van der Waals surface area contributed by atoms with Crippen LogP contribution in [0.4, 0.5) is 10.1 Å². The lowest BCUT2D eigenvalue weighted by atomic mass is 9.83. The van der Waals surface area contributed by atoms with Crippen LogP contribution in [-0.2, 0) is 22.4 Å². The third-order valence-corrected chi connectivity index (χ3v) is 8.35. The van der Waals surface area contributed by atoms with Crippen molar-refractivity contribution < 1.29 is 28.6 Å². The van der Waals surface area contributed by atoms with Gasteiger partial charge in [-0.25, -0.2) is 9.18 Å². The van der Waals surface area contributed by atoms with Gasteiger partial charge < -0.3 is 19.5 Å². The third-order valence-electron chi connectivity index (χ3n) is 7.94. The molecule has 3 aromatic carbocycles. The van der Waals surface area contributed by atoms with Crippen LogP contribution >= 0.6 is 11.6 Å². The molecule has 0 saturated carbocycles. The number of fused-ring (bicyclic) bond motifs is 2. The molecular weight excluding hydrogens is 545 g/mol. The van der Waals surface area contributed by atoms with Gasteiger partial charge in [0.15, 0.2) is 17.7 Å². The molecule has 0 aromatic heterocycles. The summed E-state index contributed by atoms with van der Waals surface area (Å²) in [4.78, 5) is 28.3. The predicted molar refractivity (Wildman–Crippen MR) is 158 cm³/mol. The van der Waals surface area contributed by atoms with Crippen LogP contribution in [-0.4, -0.2) is 35.7 Å². The molecule has 2 aliphatic rings. The first-order chi connectivity index (χ1) is 19.3. The lowest BCUT2D eigenvalue weighted by Crippen LogP contribution is -2.30. The average Bonchev–Trinajstić information content (AvgIpc) is 3.33. The van der Waals surface area contributed by atoms with Crippen molar-refractivity contribution in [3.63, 3.8) is 0 Å². The number of anilines is 1. The molecular formula is C33H35ClFNO5. The molecule has 3 aromatic rings. The van der Waals surface area contributed by atoms with Gasteiger partial charge in [-0.05, 0) is 118 Å². The van der Waals surface area contributed by atoms with E-state index in [9.17, 15) is 14.7 Å². The summed E-state index contributed by atoms with van der Waals surface area (Å²) in [7, 11) is 0. The number of halogens is 2. The Labute approximate surface area is 245 Å². The zero-order valence-electron chi connectivity index (χ0n) is 24.3. The number of carboxylic acids is 1. The molecule has 0 spiro atoms. The Balaban J connectivity index is 1.78. The van der Waals surface area contributed by atoms with E-state index in [1.165, 1.54) is 6.07 Å². The molecule has 2 aliphatic heterocycles. The van der Waals surface area contributed by atoms with Gasteiger partial charge in [0.1, 0.15) is 0 Å². The predicted octanol–water partition coefficient (Wildman–Crippen LogP) is 7.54. The van der Waals surface area contributed by atoms with E-state index in [4.69, 9.17) is 21.1 Å². The molecule has 216 valence electrons. The fourth-order valence-corrected chi connectivity index (χ4v) is 6.22. The highest BCUT2D eigenvalue weighted by Crippen LogP contribution is 2.48. The van der Waals surface area contributed by atoms with Crippen LogP contribution < -0.4 is 9.64 Å². The van der Waals surface area contributed by atoms with Crippen molar-refractivity contribution in [3.05, 3.63) is 80.1 Å². The Morgan fingerprint density at radius 2 is 1.83 bits per heavy atom. The molecule has 5 rings (SSSR count). The summed E-state index contributed by atoms with van der Waals surface area (Å²) < 4.78 is 27.4. The maximum Gasteiger partial charge on any atom is 0.337 e. The summed E-state index contributed by atoms with van der Waals surface area (Å²) in [6.45, 7) is 11.8. The summed E-state index contributed by atoms with van der Waals surface area (Å²) in [5.41, 5.74) is 5.85. The molecule has 0 fully saturated rings. The second-order valence-electron chi connectivity index (χ2n) is 11.8. The van der Waals surface area contributed by atoms with E-state index in [0.29, 0.717) is 70.1 Å².